The van der Waals surface area contributed by atoms with Crippen LogP contribution in [0, 0.1) is 5.92 Å². The lowest BCUT2D eigenvalue weighted by Crippen LogP contribution is -2.48. The Morgan fingerprint density at radius 2 is 1.83 bits per heavy atom. The molecular formula is C24H29N3O3. The van der Waals surface area contributed by atoms with Crippen molar-refractivity contribution >= 4 is 11.8 Å². The van der Waals surface area contributed by atoms with Gasteiger partial charge in [-0.3, -0.25) is 14.6 Å². The van der Waals surface area contributed by atoms with Gasteiger partial charge in [-0.2, -0.15) is 0 Å². The van der Waals surface area contributed by atoms with Crippen molar-refractivity contribution in [1.82, 2.24) is 14.8 Å². The number of piperidine rings is 2. The third-order valence-electron chi connectivity index (χ3n) is 6.39. The maximum Gasteiger partial charge on any atom is 0.227 e. The molecule has 6 heteroatoms. The van der Waals surface area contributed by atoms with Crippen LogP contribution in [0.1, 0.15) is 42.7 Å². The van der Waals surface area contributed by atoms with E-state index in [1.807, 2.05) is 46.5 Å². The zero-order valence-corrected chi connectivity index (χ0v) is 17.5. The third-order valence-corrected chi connectivity index (χ3v) is 6.39. The first kappa shape index (κ1) is 20.4. The number of carbonyl (C=O) groups excluding carboxylic acids is 2. The minimum Gasteiger partial charge on any atom is -0.496 e. The van der Waals surface area contributed by atoms with Crippen LogP contribution in [0.4, 0.5) is 0 Å². The van der Waals surface area contributed by atoms with E-state index in [2.05, 4.69) is 17.1 Å². The molecule has 0 unspecified atom stereocenters. The number of hydrogen-bond acceptors (Lipinski definition) is 4. The molecule has 0 spiro atoms. The Bertz CT molecular complexity index is 878. The molecule has 2 aliphatic rings. The number of nitrogens with zero attached hydrogens (tertiary/aromatic N) is 3. The fraction of sp³-hybridized carbons (Fsp3) is 0.458. The molecule has 2 aromatic rings. The van der Waals surface area contributed by atoms with Crippen LogP contribution in [0.25, 0.3) is 0 Å². The maximum absolute atomic E-state index is 13.2. The van der Waals surface area contributed by atoms with Crippen molar-refractivity contribution in [2.75, 3.05) is 26.7 Å². The lowest BCUT2D eigenvalue weighted by Gasteiger charge is -2.38. The summed E-state index contributed by atoms with van der Waals surface area (Å²) in [6.45, 7) is 2.53. The molecule has 4 rings (SSSR count). The summed E-state index contributed by atoms with van der Waals surface area (Å²) in [5.41, 5.74) is 2.28. The molecule has 0 aliphatic carbocycles. The molecule has 1 atom stereocenters. The van der Waals surface area contributed by atoms with Gasteiger partial charge in [-0.05, 0) is 48.9 Å². The van der Waals surface area contributed by atoms with E-state index in [9.17, 15) is 9.59 Å². The van der Waals surface area contributed by atoms with Crippen LogP contribution in [0.15, 0.2) is 48.8 Å². The molecule has 2 fully saturated rings. The number of hydrogen-bond donors (Lipinski definition) is 0. The first-order valence-electron chi connectivity index (χ1n) is 10.7. The zero-order valence-electron chi connectivity index (χ0n) is 17.5. The second-order valence-electron chi connectivity index (χ2n) is 8.20. The van der Waals surface area contributed by atoms with Gasteiger partial charge < -0.3 is 14.5 Å². The van der Waals surface area contributed by atoms with Crippen LogP contribution in [-0.2, 0) is 16.1 Å². The van der Waals surface area contributed by atoms with Gasteiger partial charge in [-0.25, -0.2) is 0 Å². The number of methoxy groups -OCH3 is 1. The van der Waals surface area contributed by atoms with E-state index in [0.29, 0.717) is 31.8 Å². The van der Waals surface area contributed by atoms with Gasteiger partial charge in [0.1, 0.15) is 5.75 Å². The molecule has 6 nitrogen and oxygen atoms in total. The molecule has 1 aromatic heterocycles. The fourth-order valence-electron chi connectivity index (χ4n) is 4.64. The van der Waals surface area contributed by atoms with Crippen molar-refractivity contribution in [3.63, 3.8) is 0 Å². The van der Waals surface area contributed by atoms with Gasteiger partial charge in [0.25, 0.3) is 0 Å². The summed E-state index contributed by atoms with van der Waals surface area (Å²) in [6, 6.07) is 11.9. The number of ether oxygens (including phenoxy) is 1. The fourth-order valence-corrected chi connectivity index (χ4v) is 4.64. The van der Waals surface area contributed by atoms with Gasteiger partial charge >= 0.3 is 0 Å². The number of para-hydroxylation sites is 1. The Labute approximate surface area is 177 Å². The third kappa shape index (κ3) is 4.48. The summed E-state index contributed by atoms with van der Waals surface area (Å²) in [5.74, 6) is 1.46. The molecule has 2 saturated heterocycles. The van der Waals surface area contributed by atoms with Gasteiger partial charge in [-0.1, -0.05) is 18.2 Å². The number of amides is 2. The highest BCUT2D eigenvalue weighted by Crippen LogP contribution is 2.30. The molecule has 2 amide bonds. The van der Waals surface area contributed by atoms with Gasteiger partial charge in [-0.15, -0.1) is 0 Å². The summed E-state index contributed by atoms with van der Waals surface area (Å²) in [6.07, 6.45) is 6.70. The molecule has 0 bridgehead atoms. The minimum absolute atomic E-state index is 0.112. The van der Waals surface area contributed by atoms with Crippen molar-refractivity contribution < 1.29 is 14.3 Å². The van der Waals surface area contributed by atoms with Crippen LogP contribution in [-0.4, -0.2) is 53.3 Å². The van der Waals surface area contributed by atoms with Gasteiger partial charge in [0.05, 0.1) is 13.0 Å². The Hall–Kier alpha value is -2.89. The normalized spacial score (nSPS) is 20.3. The van der Waals surface area contributed by atoms with Gasteiger partial charge in [0.15, 0.2) is 0 Å². The Balaban J connectivity index is 1.36. The molecule has 30 heavy (non-hydrogen) atoms. The highest BCUT2D eigenvalue weighted by atomic mass is 16.5. The van der Waals surface area contributed by atoms with E-state index in [1.165, 1.54) is 5.56 Å². The quantitative estimate of drug-likeness (QED) is 0.763. The van der Waals surface area contributed by atoms with Crippen LogP contribution < -0.4 is 4.74 Å². The second kappa shape index (κ2) is 9.28. The summed E-state index contributed by atoms with van der Waals surface area (Å²) in [7, 11) is 1.64. The molecule has 0 saturated carbocycles. The molecule has 2 aliphatic heterocycles. The molecule has 3 heterocycles. The summed E-state index contributed by atoms with van der Waals surface area (Å²) < 4.78 is 5.42. The average molecular weight is 408 g/mol. The summed E-state index contributed by atoms with van der Waals surface area (Å²) in [4.78, 5) is 33.6. The molecule has 0 radical (unpaired) electrons. The Morgan fingerprint density at radius 1 is 1.10 bits per heavy atom. The van der Waals surface area contributed by atoms with Crippen LogP contribution >= 0.6 is 0 Å². The standard InChI is InChI=1S/C24H29N3O3/c1-30-22-5-3-2-4-20(22)16-27-17-21(6-7-23(27)28)24(29)26-14-10-19(11-15-26)18-8-12-25-13-9-18/h2-5,8-9,12-13,19,21H,6-7,10-11,14-17H2,1H3/t21-/m0/s1. The maximum atomic E-state index is 13.2. The lowest BCUT2D eigenvalue weighted by atomic mass is 9.88. The molecule has 0 N–H and O–H groups in total. The number of rotatable bonds is 5. The van der Waals surface area contributed by atoms with E-state index < -0.39 is 0 Å². The zero-order chi connectivity index (χ0) is 20.9. The molecular weight excluding hydrogens is 378 g/mol. The first-order valence-corrected chi connectivity index (χ1v) is 10.7. The van der Waals surface area contributed by atoms with E-state index in [0.717, 1.165) is 37.2 Å². The molecule has 1 aromatic carbocycles. The van der Waals surface area contributed by atoms with E-state index in [-0.39, 0.29) is 17.7 Å². The number of carbonyl (C=O) groups is 2. The van der Waals surface area contributed by atoms with Crippen molar-refractivity contribution in [3.8, 4) is 5.75 Å². The van der Waals surface area contributed by atoms with Crippen molar-refractivity contribution in [1.29, 1.82) is 0 Å². The Kier molecular flexibility index (Phi) is 6.31. The summed E-state index contributed by atoms with van der Waals surface area (Å²) >= 11 is 0. The number of aromatic nitrogens is 1. The Morgan fingerprint density at radius 3 is 2.57 bits per heavy atom. The number of pyridine rings is 1. The van der Waals surface area contributed by atoms with Gasteiger partial charge in [0, 0.05) is 50.6 Å². The second-order valence-corrected chi connectivity index (χ2v) is 8.20. The molecule has 158 valence electrons. The SMILES string of the molecule is COc1ccccc1CN1C[C@@H](C(=O)N2CCC(c3ccncc3)CC2)CCC1=O. The smallest absolute Gasteiger partial charge is 0.227 e. The number of benzene rings is 1. The van der Waals surface area contributed by atoms with Gasteiger partial charge in [0.2, 0.25) is 11.8 Å². The van der Waals surface area contributed by atoms with Crippen LogP contribution in [0.2, 0.25) is 0 Å². The van der Waals surface area contributed by atoms with Crippen molar-refractivity contribution in [2.24, 2.45) is 5.92 Å². The van der Waals surface area contributed by atoms with E-state index in [1.54, 1.807) is 7.11 Å². The van der Waals surface area contributed by atoms with Crippen LogP contribution in [0.5, 0.6) is 5.75 Å². The lowest BCUT2D eigenvalue weighted by molar-refractivity contribution is -0.144. The average Bonchev–Trinajstić information content (AvgIpc) is 2.81. The number of likely N-dealkylation sites (tertiary alicyclic amines) is 2. The summed E-state index contributed by atoms with van der Waals surface area (Å²) in [5, 5.41) is 0. The predicted octanol–water partition coefficient (Wildman–Crippen LogP) is 3.24. The highest BCUT2D eigenvalue weighted by Gasteiger charge is 2.34. The minimum atomic E-state index is -0.116. The first-order chi connectivity index (χ1) is 14.7. The van der Waals surface area contributed by atoms with Crippen molar-refractivity contribution in [2.45, 2.75) is 38.1 Å². The van der Waals surface area contributed by atoms with E-state index >= 15 is 0 Å². The predicted molar refractivity (Wildman–Crippen MR) is 114 cm³/mol. The van der Waals surface area contributed by atoms with E-state index in [4.69, 9.17) is 4.74 Å². The highest BCUT2D eigenvalue weighted by molar-refractivity contribution is 5.84. The van der Waals surface area contributed by atoms with Crippen molar-refractivity contribution in [3.05, 3.63) is 59.9 Å². The topological polar surface area (TPSA) is 62.7 Å². The monoisotopic (exact) mass is 407 g/mol. The largest absolute Gasteiger partial charge is 0.496 e. The van der Waals surface area contributed by atoms with Crippen LogP contribution in [0.3, 0.4) is 0 Å².